The van der Waals surface area contributed by atoms with Crippen LogP contribution in [0, 0.1) is 0 Å². The average molecular weight is 407 g/mol. The van der Waals surface area contributed by atoms with Gasteiger partial charge in [-0.2, -0.15) is 17.6 Å². The van der Waals surface area contributed by atoms with E-state index in [2.05, 4.69) is 14.5 Å². The smallest absolute Gasteiger partial charge is 0.387 e. The van der Waals surface area contributed by atoms with Crippen molar-refractivity contribution >= 4 is 29.0 Å². The maximum absolute atomic E-state index is 12.7. The van der Waals surface area contributed by atoms with Gasteiger partial charge in [-0.25, -0.2) is 9.78 Å². The summed E-state index contributed by atoms with van der Waals surface area (Å²) in [6.45, 7) is -6.30. The first-order valence-electron chi connectivity index (χ1n) is 8.18. The molecule has 0 saturated carbocycles. The lowest BCUT2D eigenvalue weighted by Crippen LogP contribution is -2.05. The van der Waals surface area contributed by atoms with Gasteiger partial charge in [0.05, 0.1) is 16.8 Å². The van der Waals surface area contributed by atoms with Gasteiger partial charge in [0.15, 0.2) is 0 Å². The Morgan fingerprint density at radius 1 is 0.966 bits per heavy atom. The average Bonchev–Trinajstić information content (AvgIpc) is 2.65. The summed E-state index contributed by atoms with van der Waals surface area (Å²) in [6.07, 6.45) is 2.76. The SMILES string of the molecule is O=C(O)c1cc(/C=C/c2ccc(OC(F)F)cc2OC(F)F)nc2ccccc12. The number of aromatic carboxylic acids is 1. The molecule has 0 amide bonds. The predicted molar refractivity (Wildman–Crippen MR) is 97.3 cm³/mol. The summed E-state index contributed by atoms with van der Waals surface area (Å²) >= 11 is 0. The van der Waals surface area contributed by atoms with Crippen LogP contribution in [0.25, 0.3) is 23.1 Å². The van der Waals surface area contributed by atoms with Crippen LogP contribution in [0.5, 0.6) is 11.5 Å². The molecule has 0 aliphatic carbocycles. The van der Waals surface area contributed by atoms with Gasteiger partial charge in [-0.1, -0.05) is 18.2 Å². The number of rotatable bonds is 7. The Bertz CT molecular complexity index is 1070. The van der Waals surface area contributed by atoms with Gasteiger partial charge in [0.2, 0.25) is 0 Å². The van der Waals surface area contributed by atoms with Crippen LogP contribution < -0.4 is 9.47 Å². The first-order valence-corrected chi connectivity index (χ1v) is 8.18. The number of aromatic nitrogens is 1. The molecule has 5 nitrogen and oxygen atoms in total. The normalized spacial score (nSPS) is 11.5. The summed E-state index contributed by atoms with van der Waals surface area (Å²) < 4.78 is 58.5. The number of halogens is 4. The van der Waals surface area contributed by atoms with E-state index in [1.165, 1.54) is 30.4 Å². The summed E-state index contributed by atoms with van der Waals surface area (Å²) in [5.74, 6) is -1.87. The summed E-state index contributed by atoms with van der Waals surface area (Å²) in [4.78, 5) is 15.8. The molecule has 2 aromatic carbocycles. The van der Waals surface area contributed by atoms with Crippen LogP contribution in [0.2, 0.25) is 0 Å². The van der Waals surface area contributed by atoms with Crippen LogP contribution in [-0.2, 0) is 0 Å². The quantitative estimate of drug-likeness (QED) is 0.538. The first kappa shape index (κ1) is 20.1. The highest BCUT2D eigenvalue weighted by Gasteiger charge is 2.13. The summed E-state index contributed by atoms with van der Waals surface area (Å²) in [5.41, 5.74) is 0.868. The molecular weight excluding hydrogens is 394 g/mol. The van der Waals surface area contributed by atoms with E-state index in [0.29, 0.717) is 10.9 Å². The lowest BCUT2D eigenvalue weighted by molar-refractivity contribution is -0.0543. The summed E-state index contributed by atoms with van der Waals surface area (Å²) in [6, 6.07) is 11.3. The van der Waals surface area contributed by atoms with Crippen molar-refractivity contribution in [3.63, 3.8) is 0 Å². The second-order valence-corrected chi connectivity index (χ2v) is 5.71. The van der Waals surface area contributed by atoms with Gasteiger partial charge in [-0.15, -0.1) is 0 Å². The van der Waals surface area contributed by atoms with E-state index in [-0.39, 0.29) is 28.3 Å². The van der Waals surface area contributed by atoms with E-state index in [4.69, 9.17) is 0 Å². The van der Waals surface area contributed by atoms with Crippen molar-refractivity contribution in [2.24, 2.45) is 0 Å². The number of pyridine rings is 1. The van der Waals surface area contributed by atoms with Crippen molar-refractivity contribution in [2.75, 3.05) is 0 Å². The molecule has 3 rings (SSSR count). The predicted octanol–water partition coefficient (Wildman–Crippen LogP) is 5.31. The van der Waals surface area contributed by atoms with Gasteiger partial charge in [-0.3, -0.25) is 0 Å². The van der Waals surface area contributed by atoms with Crippen LogP contribution >= 0.6 is 0 Å². The Labute approximate surface area is 161 Å². The summed E-state index contributed by atoms with van der Waals surface area (Å²) in [7, 11) is 0. The standard InChI is InChI=1S/C20H13F4NO4/c21-19(22)28-13-8-6-11(17(10-13)29-20(23)24)5-7-12-9-15(18(26)27)14-3-1-2-4-16(14)25-12/h1-10,19-20H,(H,26,27)/b7-5+. The Morgan fingerprint density at radius 3 is 2.38 bits per heavy atom. The molecule has 1 aromatic heterocycles. The zero-order valence-electron chi connectivity index (χ0n) is 14.6. The minimum atomic E-state index is -3.18. The van der Waals surface area contributed by atoms with Crippen LogP contribution in [0.4, 0.5) is 17.6 Å². The Kier molecular flexibility index (Phi) is 5.96. The fourth-order valence-corrected chi connectivity index (χ4v) is 2.66. The molecule has 0 bridgehead atoms. The molecule has 29 heavy (non-hydrogen) atoms. The highest BCUT2D eigenvalue weighted by molar-refractivity contribution is 6.03. The molecule has 0 saturated heterocycles. The van der Waals surface area contributed by atoms with Gasteiger partial charge >= 0.3 is 19.2 Å². The Balaban J connectivity index is 1.99. The number of hydrogen-bond donors (Lipinski definition) is 1. The second kappa shape index (κ2) is 8.59. The molecule has 0 unspecified atom stereocenters. The van der Waals surface area contributed by atoms with Crippen molar-refractivity contribution in [1.82, 2.24) is 4.98 Å². The molecular formula is C20H13F4NO4. The molecule has 0 radical (unpaired) electrons. The van der Waals surface area contributed by atoms with Gasteiger partial charge in [0.25, 0.3) is 0 Å². The van der Waals surface area contributed by atoms with Crippen LogP contribution in [-0.4, -0.2) is 29.3 Å². The van der Waals surface area contributed by atoms with Gasteiger partial charge in [-0.05, 0) is 36.4 Å². The van der Waals surface area contributed by atoms with Gasteiger partial charge in [0.1, 0.15) is 11.5 Å². The monoisotopic (exact) mass is 407 g/mol. The molecule has 150 valence electrons. The highest BCUT2D eigenvalue weighted by atomic mass is 19.3. The maximum atomic E-state index is 12.7. The minimum absolute atomic E-state index is 0.0278. The molecule has 0 spiro atoms. The molecule has 0 atom stereocenters. The zero-order valence-corrected chi connectivity index (χ0v) is 14.6. The number of fused-ring (bicyclic) bond motifs is 1. The van der Waals surface area contributed by atoms with E-state index in [0.717, 1.165) is 6.07 Å². The number of hydrogen-bond acceptors (Lipinski definition) is 4. The van der Waals surface area contributed by atoms with Gasteiger partial charge in [0, 0.05) is 17.0 Å². The number of para-hydroxylation sites is 1. The van der Waals surface area contributed by atoms with Crippen molar-refractivity contribution in [1.29, 1.82) is 0 Å². The number of carboxylic acids is 1. The number of ether oxygens (including phenoxy) is 2. The number of carboxylic acid groups (broad SMARTS) is 1. The summed E-state index contributed by atoms with van der Waals surface area (Å²) in [5, 5.41) is 9.86. The molecule has 1 heterocycles. The van der Waals surface area contributed by atoms with Gasteiger partial charge < -0.3 is 14.6 Å². The van der Waals surface area contributed by atoms with Crippen molar-refractivity contribution in [3.05, 3.63) is 65.4 Å². The first-order chi connectivity index (χ1) is 13.8. The highest BCUT2D eigenvalue weighted by Crippen LogP contribution is 2.29. The van der Waals surface area contributed by atoms with Crippen LogP contribution in [0.1, 0.15) is 21.6 Å². The number of carbonyl (C=O) groups is 1. The topological polar surface area (TPSA) is 68.7 Å². The van der Waals surface area contributed by atoms with Crippen molar-refractivity contribution in [3.8, 4) is 11.5 Å². The van der Waals surface area contributed by atoms with E-state index < -0.39 is 19.2 Å². The van der Waals surface area contributed by atoms with E-state index in [9.17, 15) is 27.5 Å². The molecule has 0 fully saturated rings. The Morgan fingerprint density at radius 2 is 1.69 bits per heavy atom. The zero-order chi connectivity index (χ0) is 21.0. The third-order valence-corrected chi connectivity index (χ3v) is 3.83. The number of alkyl halides is 4. The third kappa shape index (κ3) is 5.01. The largest absolute Gasteiger partial charge is 0.478 e. The third-order valence-electron chi connectivity index (χ3n) is 3.83. The van der Waals surface area contributed by atoms with E-state index in [1.807, 2.05) is 0 Å². The molecule has 9 heteroatoms. The fourth-order valence-electron chi connectivity index (χ4n) is 2.66. The maximum Gasteiger partial charge on any atom is 0.387 e. The van der Waals surface area contributed by atoms with Crippen molar-refractivity contribution in [2.45, 2.75) is 13.2 Å². The lowest BCUT2D eigenvalue weighted by atomic mass is 10.1. The number of benzene rings is 2. The fraction of sp³-hybridized carbons (Fsp3) is 0.100. The molecule has 3 aromatic rings. The number of nitrogens with zero attached hydrogens (tertiary/aromatic N) is 1. The molecule has 0 aliphatic heterocycles. The van der Waals surface area contributed by atoms with Crippen molar-refractivity contribution < 1.29 is 36.9 Å². The minimum Gasteiger partial charge on any atom is -0.478 e. The lowest BCUT2D eigenvalue weighted by Gasteiger charge is -2.11. The van der Waals surface area contributed by atoms with E-state index >= 15 is 0 Å². The molecule has 0 aliphatic rings. The molecule has 1 N–H and O–H groups in total. The van der Waals surface area contributed by atoms with Crippen LogP contribution in [0.15, 0.2) is 48.5 Å². The van der Waals surface area contributed by atoms with Crippen LogP contribution in [0.3, 0.4) is 0 Å². The van der Waals surface area contributed by atoms with E-state index in [1.54, 1.807) is 24.3 Å². The Hall–Kier alpha value is -3.62. The second-order valence-electron chi connectivity index (χ2n) is 5.71.